The summed E-state index contributed by atoms with van der Waals surface area (Å²) in [4.78, 5) is 22.6. The lowest BCUT2D eigenvalue weighted by molar-refractivity contribution is -0.118. The van der Waals surface area contributed by atoms with Gasteiger partial charge in [0.15, 0.2) is 5.13 Å². The van der Waals surface area contributed by atoms with Crippen LogP contribution in [0.3, 0.4) is 0 Å². The Bertz CT molecular complexity index is 1060. The summed E-state index contributed by atoms with van der Waals surface area (Å²) in [5.41, 5.74) is 5.68. The van der Waals surface area contributed by atoms with Crippen LogP contribution in [0, 0.1) is 20.8 Å². The minimum atomic E-state index is 0. The van der Waals surface area contributed by atoms with E-state index in [2.05, 4.69) is 62.1 Å². The van der Waals surface area contributed by atoms with Crippen LogP contribution in [-0.2, 0) is 16.0 Å². The molecule has 32 heavy (non-hydrogen) atoms. The number of morpholine rings is 1. The molecule has 5 nitrogen and oxygen atoms in total. The second-order valence-electron chi connectivity index (χ2n) is 8.37. The van der Waals surface area contributed by atoms with Gasteiger partial charge < -0.3 is 4.74 Å². The van der Waals surface area contributed by atoms with Gasteiger partial charge in [-0.25, -0.2) is 4.98 Å². The number of thiazole rings is 1. The van der Waals surface area contributed by atoms with Crippen LogP contribution in [0.5, 0.6) is 0 Å². The number of aryl methyl sites for hydroxylation is 3. The molecule has 3 aromatic rings. The quantitative estimate of drug-likeness (QED) is 0.487. The summed E-state index contributed by atoms with van der Waals surface area (Å²) >= 11 is 1.61. The Morgan fingerprint density at radius 3 is 2.59 bits per heavy atom. The Kier molecular flexibility index (Phi) is 8.65. The fraction of sp³-hybridized carbons (Fsp3) is 0.440. The zero-order valence-electron chi connectivity index (χ0n) is 19.1. The van der Waals surface area contributed by atoms with E-state index in [4.69, 9.17) is 9.72 Å². The highest BCUT2D eigenvalue weighted by Crippen LogP contribution is 2.31. The number of aromatic nitrogens is 1. The molecule has 172 valence electrons. The summed E-state index contributed by atoms with van der Waals surface area (Å²) in [5.74, 6) is 0.113. The molecule has 0 unspecified atom stereocenters. The largest absolute Gasteiger partial charge is 0.379 e. The molecule has 2 aromatic carbocycles. The molecule has 0 N–H and O–H groups in total. The number of nitrogens with zero attached hydrogens (tertiary/aromatic N) is 3. The summed E-state index contributed by atoms with van der Waals surface area (Å²) in [6.45, 7) is 11.5. The van der Waals surface area contributed by atoms with Crippen molar-refractivity contribution in [3.05, 3.63) is 58.7 Å². The van der Waals surface area contributed by atoms with E-state index in [1.807, 2.05) is 4.90 Å². The predicted octanol–water partition coefficient (Wildman–Crippen LogP) is 4.94. The molecule has 0 aliphatic carbocycles. The Labute approximate surface area is 200 Å². The molecule has 0 saturated carbocycles. The SMILES string of the molecule is Cc1ccc(CC(=O)N(CCCN2CCOCC2)c2nc3c(C)cccc3s2)cc1C.Cl. The minimum Gasteiger partial charge on any atom is -0.379 e. The van der Waals surface area contributed by atoms with Crippen LogP contribution < -0.4 is 4.90 Å². The number of anilines is 1. The van der Waals surface area contributed by atoms with Gasteiger partial charge in [0.05, 0.1) is 29.9 Å². The zero-order valence-corrected chi connectivity index (χ0v) is 20.7. The van der Waals surface area contributed by atoms with E-state index in [0.717, 1.165) is 65.7 Å². The summed E-state index contributed by atoms with van der Waals surface area (Å²) in [7, 11) is 0. The number of hydrogen-bond donors (Lipinski definition) is 0. The molecule has 0 radical (unpaired) electrons. The highest BCUT2D eigenvalue weighted by molar-refractivity contribution is 7.22. The molecular formula is C25H32ClN3O2S. The third-order valence-electron chi connectivity index (χ3n) is 6.03. The number of carbonyl (C=O) groups is 1. The number of ether oxygens (including phenoxy) is 1. The average Bonchev–Trinajstić information content (AvgIpc) is 3.20. The summed E-state index contributed by atoms with van der Waals surface area (Å²) < 4.78 is 6.58. The van der Waals surface area contributed by atoms with Gasteiger partial charge in [-0.3, -0.25) is 14.6 Å². The fourth-order valence-corrected chi connectivity index (χ4v) is 5.06. The van der Waals surface area contributed by atoms with Gasteiger partial charge in [0.2, 0.25) is 5.91 Å². The van der Waals surface area contributed by atoms with Gasteiger partial charge in [-0.05, 0) is 55.5 Å². The predicted molar refractivity (Wildman–Crippen MR) is 135 cm³/mol. The first kappa shape index (κ1) is 24.6. The number of carbonyl (C=O) groups excluding carboxylic acids is 1. The normalized spacial score (nSPS) is 14.3. The Balaban J connectivity index is 0.00000289. The molecule has 1 aliphatic heterocycles. The van der Waals surface area contributed by atoms with Gasteiger partial charge in [0, 0.05) is 26.2 Å². The van der Waals surface area contributed by atoms with Gasteiger partial charge in [-0.2, -0.15) is 0 Å². The van der Waals surface area contributed by atoms with E-state index in [9.17, 15) is 4.79 Å². The van der Waals surface area contributed by atoms with E-state index < -0.39 is 0 Å². The van der Waals surface area contributed by atoms with Crippen LogP contribution in [0.4, 0.5) is 5.13 Å². The standard InChI is InChI=1S/C25H31N3O2S.ClH/c1-18-8-9-21(16-20(18)3)17-23(29)28(11-5-10-27-12-14-30-15-13-27)25-26-24-19(2)6-4-7-22(24)31-25;/h4,6-9,16H,5,10-15,17H2,1-3H3;1H. The van der Waals surface area contributed by atoms with Crippen LogP contribution in [0.2, 0.25) is 0 Å². The van der Waals surface area contributed by atoms with E-state index in [1.165, 1.54) is 11.1 Å². The second-order valence-corrected chi connectivity index (χ2v) is 9.38. The highest BCUT2D eigenvalue weighted by atomic mass is 35.5. The first-order valence-electron chi connectivity index (χ1n) is 11.0. The number of para-hydroxylation sites is 1. The summed E-state index contributed by atoms with van der Waals surface area (Å²) in [5, 5.41) is 0.806. The van der Waals surface area contributed by atoms with E-state index in [-0.39, 0.29) is 18.3 Å². The van der Waals surface area contributed by atoms with E-state index in [1.54, 1.807) is 11.3 Å². The van der Waals surface area contributed by atoms with E-state index >= 15 is 0 Å². The van der Waals surface area contributed by atoms with Gasteiger partial charge in [-0.15, -0.1) is 12.4 Å². The Hall–Kier alpha value is -1.99. The molecule has 7 heteroatoms. The van der Waals surface area contributed by atoms with Crippen LogP contribution in [0.25, 0.3) is 10.2 Å². The Morgan fingerprint density at radius 1 is 1.09 bits per heavy atom. The van der Waals surface area contributed by atoms with Crippen molar-refractivity contribution in [3.63, 3.8) is 0 Å². The highest BCUT2D eigenvalue weighted by Gasteiger charge is 2.21. The molecule has 1 fully saturated rings. The van der Waals surface area contributed by atoms with Crippen molar-refractivity contribution < 1.29 is 9.53 Å². The molecule has 1 saturated heterocycles. The van der Waals surface area contributed by atoms with Crippen molar-refractivity contribution in [1.29, 1.82) is 0 Å². The maximum absolute atomic E-state index is 13.4. The van der Waals surface area contributed by atoms with Crippen LogP contribution in [-0.4, -0.2) is 55.2 Å². The van der Waals surface area contributed by atoms with Gasteiger partial charge in [-0.1, -0.05) is 41.7 Å². The van der Waals surface area contributed by atoms with Gasteiger partial charge >= 0.3 is 0 Å². The Morgan fingerprint density at radius 2 is 1.88 bits per heavy atom. The summed E-state index contributed by atoms with van der Waals surface area (Å²) in [6.07, 6.45) is 1.32. The molecule has 0 spiro atoms. The molecule has 2 heterocycles. The van der Waals surface area contributed by atoms with Crippen molar-refractivity contribution in [2.24, 2.45) is 0 Å². The molecule has 1 aromatic heterocycles. The van der Waals surface area contributed by atoms with Crippen LogP contribution >= 0.6 is 23.7 Å². The van der Waals surface area contributed by atoms with Gasteiger partial charge in [0.25, 0.3) is 0 Å². The lowest BCUT2D eigenvalue weighted by atomic mass is 10.0. The lowest BCUT2D eigenvalue weighted by Gasteiger charge is -2.27. The first-order valence-corrected chi connectivity index (χ1v) is 11.9. The molecular weight excluding hydrogens is 442 g/mol. The number of rotatable bonds is 7. The average molecular weight is 474 g/mol. The minimum absolute atomic E-state index is 0. The van der Waals surface area contributed by atoms with Crippen LogP contribution in [0.1, 0.15) is 28.7 Å². The van der Waals surface area contributed by atoms with Crippen molar-refractivity contribution in [2.45, 2.75) is 33.6 Å². The fourth-order valence-electron chi connectivity index (χ4n) is 3.98. The smallest absolute Gasteiger partial charge is 0.233 e. The van der Waals surface area contributed by atoms with Crippen LogP contribution in [0.15, 0.2) is 36.4 Å². The monoisotopic (exact) mass is 473 g/mol. The van der Waals surface area contributed by atoms with Crippen molar-refractivity contribution >= 4 is 45.0 Å². The maximum Gasteiger partial charge on any atom is 0.233 e. The molecule has 0 bridgehead atoms. The number of hydrogen-bond acceptors (Lipinski definition) is 5. The zero-order chi connectivity index (χ0) is 21.8. The van der Waals surface area contributed by atoms with E-state index in [0.29, 0.717) is 13.0 Å². The molecule has 1 amide bonds. The molecule has 4 rings (SSSR count). The number of halogens is 1. The van der Waals surface area contributed by atoms with Gasteiger partial charge in [0.1, 0.15) is 0 Å². The summed E-state index contributed by atoms with van der Waals surface area (Å²) in [6, 6.07) is 12.5. The molecule has 0 atom stereocenters. The number of amides is 1. The third kappa shape index (κ3) is 5.87. The first-order chi connectivity index (χ1) is 15.0. The van der Waals surface area contributed by atoms with Crippen molar-refractivity contribution in [1.82, 2.24) is 9.88 Å². The lowest BCUT2D eigenvalue weighted by Crippen LogP contribution is -2.39. The second kappa shape index (κ2) is 11.2. The number of fused-ring (bicyclic) bond motifs is 1. The maximum atomic E-state index is 13.4. The van der Waals surface area contributed by atoms with Crippen molar-refractivity contribution in [2.75, 3.05) is 44.3 Å². The molecule has 1 aliphatic rings. The number of benzene rings is 2. The van der Waals surface area contributed by atoms with Crippen molar-refractivity contribution in [3.8, 4) is 0 Å². The third-order valence-corrected chi connectivity index (χ3v) is 7.07. The topological polar surface area (TPSA) is 45.7 Å².